The van der Waals surface area contributed by atoms with Gasteiger partial charge in [-0.25, -0.2) is 9.59 Å². The van der Waals surface area contributed by atoms with Crippen LogP contribution in [0.3, 0.4) is 0 Å². The molecule has 0 aliphatic carbocycles. The molecule has 2 N–H and O–H groups in total. The molecule has 1 aliphatic rings. The van der Waals surface area contributed by atoms with E-state index in [2.05, 4.69) is 0 Å². The van der Waals surface area contributed by atoms with E-state index < -0.39 is 30.1 Å². The van der Waals surface area contributed by atoms with E-state index in [4.69, 9.17) is 14.6 Å². The van der Waals surface area contributed by atoms with Gasteiger partial charge in [0.1, 0.15) is 6.61 Å². The van der Waals surface area contributed by atoms with E-state index in [0.29, 0.717) is 11.3 Å². The van der Waals surface area contributed by atoms with Crippen LogP contribution in [0.2, 0.25) is 0 Å². The first-order valence-electron chi connectivity index (χ1n) is 8.62. The Hall–Kier alpha value is -3.23. The number of amides is 1. The molecule has 1 fully saturated rings. The molecule has 1 amide bonds. The van der Waals surface area contributed by atoms with Crippen LogP contribution in [-0.4, -0.2) is 53.4 Å². The fourth-order valence-corrected chi connectivity index (χ4v) is 2.80. The Labute approximate surface area is 160 Å². The highest BCUT2D eigenvalue weighted by Crippen LogP contribution is 2.21. The normalized spacial score (nSPS) is 17.8. The Bertz CT molecular complexity index is 851. The number of rotatable bonds is 6. The zero-order chi connectivity index (χ0) is 20.1. The van der Waals surface area contributed by atoms with Crippen LogP contribution in [0.25, 0.3) is 0 Å². The van der Waals surface area contributed by atoms with E-state index in [0.717, 1.165) is 5.56 Å². The lowest BCUT2D eigenvalue weighted by atomic mass is 10.1. The van der Waals surface area contributed by atoms with Gasteiger partial charge in [0, 0.05) is 12.2 Å². The Morgan fingerprint density at radius 2 is 1.82 bits per heavy atom. The van der Waals surface area contributed by atoms with Crippen LogP contribution in [0, 0.1) is 0 Å². The minimum Gasteiger partial charge on any atom is -0.479 e. The van der Waals surface area contributed by atoms with Gasteiger partial charge in [0.05, 0.1) is 12.2 Å². The number of carbonyl (C=O) groups excluding carboxylic acids is 2. The summed E-state index contributed by atoms with van der Waals surface area (Å²) in [6, 6.07) is 15.4. The van der Waals surface area contributed by atoms with Gasteiger partial charge >= 0.3 is 11.9 Å². The van der Waals surface area contributed by atoms with E-state index >= 15 is 0 Å². The predicted octanol–water partition coefficient (Wildman–Crippen LogP) is 1.22. The summed E-state index contributed by atoms with van der Waals surface area (Å²) in [6.45, 7) is 0.444. The van der Waals surface area contributed by atoms with Crippen LogP contribution in [-0.2, 0) is 25.7 Å². The van der Waals surface area contributed by atoms with Gasteiger partial charge in [-0.2, -0.15) is 0 Å². The van der Waals surface area contributed by atoms with Crippen LogP contribution in [0.4, 0.5) is 5.69 Å². The van der Waals surface area contributed by atoms with Gasteiger partial charge in [0.15, 0.2) is 12.2 Å². The second-order valence-corrected chi connectivity index (χ2v) is 6.17. The maximum atomic E-state index is 12.4. The lowest BCUT2D eigenvalue weighted by molar-refractivity contribution is -0.163. The molecule has 8 nitrogen and oxygen atoms in total. The van der Waals surface area contributed by atoms with Crippen molar-refractivity contribution in [3.63, 3.8) is 0 Å². The molecule has 1 aliphatic heterocycles. The van der Waals surface area contributed by atoms with E-state index in [1.807, 2.05) is 30.3 Å². The number of carboxylic acids is 1. The van der Waals surface area contributed by atoms with Gasteiger partial charge in [0.2, 0.25) is 0 Å². The monoisotopic (exact) mass is 385 g/mol. The molecule has 0 radical (unpaired) electrons. The van der Waals surface area contributed by atoms with Crippen LogP contribution in [0.15, 0.2) is 54.6 Å². The van der Waals surface area contributed by atoms with E-state index in [9.17, 15) is 19.5 Å². The molecule has 1 saturated heterocycles. The summed E-state index contributed by atoms with van der Waals surface area (Å²) in [5, 5.41) is 18.5. The lowest BCUT2D eigenvalue weighted by Crippen LogP contribution is -2.54. The zero-order valence-electron chi connectivity index (χ0n) is 14.9. The number of aliphatic hydroxyl groups is 1. The summed E-state index contributed by atoms with van der Waals surface area (Å²) in [6.07, 6.45) is -3.41. The number of ether oxygens (including phenoxy) is 2. The van der Waals surface area contributed by atoms with Crippen molar-refractivity contribution in [2.24, 2.45) is 0 Å². The Morgan fingerprint density at radius 3 is 2.46 bits per heavy atom. The largest absolute Gasteiger partial charge is 0.479 e. The number of hydrogen-bond acceptors (Lipinski definition) is 6. The van der Waals surface area contributed by atoms with Crippen LogP contribution >= 0.6 is 0 Å². The SMILES string of the molecule is O=C(OCc1ccccc1)c1ccc(N2CCO[C@H]([C@@H](O)C(=O)O)C2=O)cc1. The third-order valence-corrected chi connectivity index (χ3v) is 4.29. The topological polar surface area (TPSA) is 113 Å². The molecule has 2 aromatic rings. The molecule has 1 heterocycles. The number of esters is 1. The third kappa shape index (κ3) is 4.36. The van der Waals surface area contributed by atoms with Gasteiger partial charge in [-0.05, 0) is 29.8 Å². The molecule has 0 spiro atoms. The number of aliphatic hydroxyl groups excluding tert-OH is 1. The van der Waals surface area contributed by atoms with Crippen molar-refractivity contribution >= 4 is 23.5 Å². The first kappa shape index (κ1) is 19.5. The Balaban J connectivity index is 1.65. The van der Waals surface area contributed by atoms with Crippen molar-refractivity contribution in [1.82, 2.24) is 0 Å². The minimum absolute atomic E-state index is 0.0849. The molecule has 0 saturated carbocycles. The maximum absolute atomic E-state index is 12.4. The van der Waals surface area contributed by atoms with Crippen LogP contribution < -0.4 is 4.90 Å². The fraction of sp³-hybridized carbons (Fsp3) is 0.250. The highest BCUT2D eigenvalue weighted by Gasteiger charge is 2.39. The van der Waals surface area contributed by atoms with E-state index in [-0.39, 0.29) is 19.8 Å². The Morgan fingerprint density at radius 1 is 1.14 bits per heavy atom. The van der Waals surface area contributed by atoms with Gasteiger partial charge in [0.25, 0.3) is 5.91 Å². The summed E-state index contributed by atoms with van der Waals surface area (Å²) in [7, 11) is 0. The average Bonchev–Trinajstić information content (AvgIpc) is 2.72. The quantitative estimate of drug-likeness (QED) is 0.719. The highest BCUT2D eigenvalue weighted by molar-refractivity contribution is 6.00. The van der Waals surface area contributed by atoms with Crippen molar-refractivity contribution in [3.05, 3.63) is 65.7 Å². The van der Waals surface area contributed by atoms with Crippen molar-refractivity contribution < 1.29 is 34.1 Å². The number of carbonyl (C=O) groups is 3. The van der Waals surface area contributed by atoms with Crippen molar-refractivity contribution in [3.8, 4) is 0 Å². The van der Waals surface area contributed by atoms with Crippen LogP contribution in [0.1, 0.15) is 15.9 Å². The molecule has 146 valence electrons. The van der Waals surface area contributed by atoms with Gasteiger partial charge < -0.3 is 24.6 Å². The molecular formula is C20H19NO7. The maximum Gasteiger partial charge on any atom is 0.338 e. The second-order valence-electron chi connectivity index (χ2n) is 6.17. The summed E-state index contributed by atoms with van der Waals surface area (Å²) >= 11 is 0. The van der Waals surface area contributed by atoms with Crippen molar-refractivity contribution in [2.75, 3.05) is 18.1 Å². The number of carboxylic acid groups (broad SMARTS) is 1. The fourth-order valence-electron chi connectivity index (χ4n) is 2.80. The molecule has 2 aromatic carbocycles. The summed E-state index contributed by atoms with van der Waals surface area (Å²) < 4.78 is 10.4. The summed E-state index contributed by atoms with van der Waals surface area (Å²) in [5.74, 6) is -2.68. The molecule has 3 rings (SSSR count). The number of benzene rings is 2. The molecule has 2 atom stereocenters. The Kier molecular flexibility index (Phi) is 6.03. The molecule has 0 unspecified atom stereocenters. The molecule has 28 heavy (non-hydrogen) atoms. The van der Waals surface area contributed by atoms with Gasteiger partial charge in [-0.1, -0.05) is 30.3 Å². The minimum atomic E-state index is -1.94. The number of nitrogens with zero attached hydrogens (tertiary/aromatic N) is 1. The zero-order valence-corrected chi connectivity index (χ0v) is 14.9. The van der Waals surface area contributed by atoms with Crippen LogP contribution in [0.5, 0.6) is 0 Å². The van der Waals surface area contributed by atoms with Gasteiger partial charge in [-0.3, -0.25) is 4.79 Å². The third-order valence-electron chi connectivity index (χ3n) is 4.29. The molecule has 0 bridgehead atoms. The van der Waals surface area contributed by atoms with Crippen molar-refractivity contribution in [1.29, 1.82) is 0 Å². The second kappa shape index (κ2) is 8.64. The van der Waals surface area contributed by atoms with E-state index in [1.165, 1.54) is 17.0 Å². The highest BCUT2D eigenvalue weighted by atomic mass is 16.5. The summed E-state index contributed by atoms with van der Waals surface area (Å²) in [5.41, 5.74) is 1.66. The van der Waals surface area contributed by atoms with E-state index in [1.54, 1.807) is 12.1 Å². The number of morpholine rings is 1. The smallest absolute Gasteiger partial charge is 0.338 e. The first-order chi connectivity index (χ1) is 13.5. The number of hydrogen-bond donors (Lipinski definition) is 2. The van der Waals surface area contributed by atoms with Gasteiger partial charge in [-0.15, -0.1) is 0 Å². The number of anilines is 1. The molecule has 0 aromatic heterocycles. The van der Waals surface area contributed by atoms with Crippen molar-refractivity contribution in [2.45, 2.75) is 18.8 Å². The average molecular weight is 385 g/mol. The lowest BCUT2D eigenvalue weighted by Gasteiger charge is -2.33. The molecular weight excluding hydrogens is 366 g/mol. The summed E-state index contributed by atoms with van der Waals surface area (Å²) in [4.78, 5) is 36.8. The first-order valence-corrected chi connectivity index (χ1v) is 8.62. The molecule has 8 heteroatoms. The number of aliphatic carboxylic acids is 1. The predicted molar refractivity (Wildman–Crippen MR) is 97.7 cm³/mol. The standard InChI is InChI=1S/C20H19NO7/c22-16(19(24)25)17-18(23)21(10-11-27-17)15-8-6-14(7-9-15)20(26)28-12-13-4-2-1-3-5-13/h1-9,16-17,22H,10-12H2,(H,24,25)/t16-,17-/m1/s1.